The molecule has 0 spiro atoms. The molecule has 0 aromatic carbocycles. The molecule has 0 saturated heterocycles. The van der Waals surface area contributed by atoms with Crippen molar-refractivity contribution in [3.63, 3.8) is 0 Å². The molecule has 0 bridgehead atoms. The molecule has 0 saturated carbocycles. The molecule has 0 aliphatic carbocycles. The number of rotatable bonds is 2. The Morgan fingerprint density at radius 2 is 1.45 bits per heavy atom. The first kappa shape index (κ1) is 10.4. The lowest BCUT2D eigenvalue weighted by molar-refractivity contribution is -0.384. The van der Waals surface area contributed by atoms with Gasteiger partial charge in [-0.05, 0) is 34.6 Å². The second kappa shape index (κ2) is 3.21. The van der Waals surface area contributed by atoms with Crippen LogP contribution in [0.2, 0.25) is 0 Å². The summed E-state index contributed by atoms with van der Waals surface area (Å²) in [5.74, 6) is 0. The third kappa shape index (κ3) is 5.84. The van der Waals surface area contributed by atoms with Crippen LogP contribution in [0.3, 0.4) is 0 Å². The molecule has 0 aliphatic heterocycles. The molecule has 3 nitrogen and oxygen atoms in total. The van der Waals surface area contributed by atoms with Crippen LogP contribution < -0.4 is 0 Å². The Hall–Kier alpha value is -0.590. The van der Waals surface area contributed by atoms with E-state index < -0.39 is 5.60 Å². The molecule has 64 valence electrons. The van der Waals surface area contributed by atoms with Gasteiger partial charge in [0, 0.05) is 0 Å². The lowest BCUT2D eigenvalue weighted by Crippen LogP contribution is -2.29. The molecule has 0 aliphatic rings. The number of hydrogen-bond donors (Lipinski definition) is 0. The van der Waals surface area contributed by atoms with Crippen molar-refractivity contribution in [1.82, 2.24) is 0 Å². The van der Waals surface area contributed by atoms with Gasteiger partial charge in [0.15, 0.2) is 5.60 Å². The molecule has 0 radical (unpaired) electrons. The maximum Gasteiger partial charge on any atom is 0.183 e. The fraction of sp³-hybridized carbons (Fsp3) is 0.875. The van der Waals surface area contributed by atoms with E-state index in [0.717, 1.165) is 0 Å². The zero-order chi connectivity index (χ0) is 9.12. The van der Waals surface area contributed by atoms with E-state index in [1.807, 2.05) is 26.8 Å². The van der Waals surface area contributed by atoms with E-state index in [1.54, 1.807) is 13.8 Å². The molecule has 0 aromatic heterocycles. The molecular formula is C8H15NO2. The monoisotopic (exact) mass is 157 g/mol. The van der Waals surface area contributed by atoms with Crippen molar-refractivity contribution < 1.29 is 9.78 Å². The Labute approximate surface area is 67.8 Å². The highest BCUT2D eigenvalue weighted by molar-refractivity contribution is 4.92. The van der Waals surface area contributed by atoms with Crippen LogP contribution in [0.1, 0.15) is 34.6 Å². The second-order valence-corrected chi connectivity index (χ2v) is 3.90. The van der Waals surface area contributed by atoms with E-state index in [1.165, 1.54) is 0 Å². The highest BCUT2D eigenvalue weighted by atomic mass is 17.2. The summed E-state index contributed by atoms with van der Waals surface area (Å²) in [5, 5.41) is 8.54. The lowest BCUT2D eigenvalue weighted by Gasteiger charge is -2.23. The Morgan fingerprint density at radius 1 is 1.00 bits per heavy atom. The first-order chi connectivity index (χ1) is 4.77. The van der Waals surface area contributed by atoms with E-state index >= 15 is 0 Å². The molecule has 0 unspecified atom stereocenters. The first-order valence-corrected chi connectivity index (χ1v) is 3.55. The minimum Gasteiger partial charge on any atom is -0.229 e. The van der Waals surface area contributed by atoms with Crippen molar-refractivity contribution in [1.29, 1.82) is 5.26 Å². The largest absolute Gasteiger partial charge is 0.229 e. The summed E-state index contributed by atoms with van der Waals surface area (Å²) < 4.78 is 0. The highest BCUT2D eigenvalue weighted by Crippen LogP contribution is 2.14. The van der Waals surface area contributed by atoms with Crippen molar-refractivity contribution >= 4 is 0 Å². The van der Waals surface area contributed by atoms with Gasteiger partial charge in [-0.1, -0.05) is 0 Å². The van der Waals surface area contributed by atoms with E-state index in [0.29, 0.717) is 0 Å². The quantitative estimate of drug-likeness (QED) is 0.455. The Bertz CT molecular complexity index is 162. The van der Waals surface area contributed by atoms with E-state index in [2.05, 4.69) is 0 Å². The summed E-state index contributed by atoms with van der Waals surface area (Å²) in [6.07, 6.45) is 0. The summed E-state index contributed by atoms with van der Waals surface area (Å²) >= 11 is 0. The molecule has 0 rings (SSSR count). The van der Waals surface area contributed by atoms with Gasteiger partial charge in [0.25, 0.3) is 0 Å². The maximum absolute atomic E-state index is 8.54. The van der Waals surface area contributed by atoms with Crippen LogP contribution in [0.5, 0.6) is 0 Å². The first-order valence-electron chi connectivity index (χ1n) is 3.55. The van der Waals surface area contributed by atoms with E-state index in [4.69, 9.17) is 15.0 Å². The van der Waals surface area contributed by atoms with Gasteiger partial charge in [-0.2, -0.15) is 5.26 Å². The standard InChI is InChI=1S/C8H15NO2/c1-7(2,3)10-11-8(4,5)6-9/h1-5H3. The fourth-order valence-electron chi connectivity index (χ4n) is 0.248. The van der Waals surface area contributed by atoms with Crippen molar-refractivity contribution in [2.75, 3.05) is 0 Å². The van der Waals surface area contributed by atoms with E-state index in [-0.39, 0.29) is 5.60 Å². The van der Waals surface area contributed by atoms with Gasteiger partial charge in [-0.3, -0.25) is 0 Å². The molecule has 0 atom stereocenters. The Morgan fingerprint density at radius 3 is 1.73 bits per heavy atom. The van der Waals surface area contributed by atoms with Gasteiger partial charge in [-0.25, -0.2) is 9.78 Å². The highest BCUT2D eigenvalue weighted by Gasteiger charge is 2.22. The van der Waals surface area contributed by atoms with Crippen molar-refractivity contribution in [2.24, 2.45) is 0 Å². The predicted molar refractivity (Wildman–Crippen MR) is 41.6 cm³/mol. The number of nitriles is 1. The predicted octanol–water partition coefficient (Wildman–Crippen LogP) is 2.04. The Kier molecular flexibility index (Phi) is 3.03. The Balaban J connectivity index is 3.83. The minimum atomic E-state index is -0.868. The molecule has 0 N–H and O–H groups in total. The summed E-state index contributed by atoms with van der Waals surface area (Å²) in [5.41, 5.74) is -1.23. The van der Waals surface area contributed by atoms with Gasteiger partial charge in [0.05, 0.1) is 5.60 Å². The van der Waals surface area contributed by atoms with Gasteiger partial charge < -0.3 is 0 Å². The van der Waals surface area contributed by atoms with Gasteiger partial charge in [0.1, 0.15) is 6.07 Å². The fourth-order valence-corrected chi connectivity index (χ4v) is 0.248. The molecule has 3 heteroatoms. The normalized spacial score (nSPS) is 12.7. The molecule has 0 aromatic rings. The van der Waals surface area contributed by atoms with Crippen LogP contribution in [0, 0.1) is 11.3 Å². The molecule has 0 heterocycles. The van der Waals surface area contributed by atoms with Gasteiger partial charge >= 0.3 is 0 Å². The van der Waals surface area contributed by atoms with Crippen molar-refractivity contribution in [3.05, 3.63) is 0 Å². The number of nitrogens with zero attached hydrogens (tertiary/aromatic N) is 1. The maximum atomic E-state index is 8.54. The molecule has 11 heavy (non-hydrogen) atoms. The summed E-state index contributed by atoms with van der Waals surface area (Å²) in [6, 6.07) is 1.97. The average molecular weight is 157 g/mol. The lowest BCUT2D eigenvalue weighted by atomic mass is 10.2. The van der Waals surface area contributed by atoms with Crippen LogP contribution in [0.15, 0.2) is 0 Å². The third-order valence-electron chi connectivity index (χ3n) is 0.769. The van der Waals surface area contributed by atoms with Crippen LogP contribution in [-0.2, 0) is 9.78 Å². The van der Waals surface area contributed by atoms with Gasteiger partial charge in [-0.15, -0.1) is 0 Å². The topological polar surface area (TPSA) is 42.2 Å². The minimum absolute atomic E-state index is 0.367. The van der Waals surface area contributed by atoms with Crippen LogP contribution in [0.25, 0.3) is 0 Å². The number of hydrogen-bond acceptors (Lipinski definition) is 3. The zero-order valence-corrected chi connectivity index (χ0v) is 7.76. The second-order valence-electron chi connectivity index (χ2n) is 3.90. The van der Waals surface area contributed by atoms with Crippen molar-refractivity contribution in [2.45, 2.75) is 45.8 Å². The summed E-state index contributed by atoms with van der Waals surface area (Å²) in [7, 11) is 0. The van der Waals surface area contributed by atoms with Crippen molar-refractivity contribution in [3.8, 4) is 6.07 Å². The average Bonchev–Trinajstić information content (AvgIpc) is 1.83. The summed E-state index contributed by atoms with van der Waals surface area (Å²) in [6.45, 7) is 8.89. The molecular weight excluding hydrogens is 142 g/mol. The van der Waals surface area contributed by atoms with Gasteiger partial charge in [0.2, 0.25) is 0 Å². The summed E-state index contributed by atoms with van der Waals surface area (Å²) in [4.78, 5) is 9.84. The van der Waals surface area contributed by atoms with E-state index in [9.17, 15) is 0 Å². The molecule has 0 amide bonds. The third-order valence-corrected chi connectivity index (χ3v) is 0.769. The van der Waals surface area contributed by atoms with Crippen LogP contribution in [-0.4, -0.2) is 11.2 Å². The molecule has 0 fully saturated rings. The van der Waals surface area contributed by atoms with Crippen LogP contribution >= 0.6 is 0 Å². The zero-order valence-electron chi connectivity index (χ0n) is 7.76. The smallest absolute Gasteiger partial charge is 0.183 e. The van der Waals surface area contributed by atoms with Crippen LogP contribution in [0.4, 0.5) is 0 Å². The SMILES string of the molecule is CC(C)(C)OOC(C)(C)C#N.